The first kappa shape index (κ1) is 17.4. The molecule has 2 rings (SSSR count). The van der Waals surface area contributed by atoms with Crippen molar-refractivity contribution in [2.24, 2.45) is 0 Å². The van der Waals surface area contributed by atoms with E-state index in [1.807, 2.05) is 30.3 Å². The Bertz CT molecular complexity index is 704. The average molecular weight is 397 g/mol. The molecule has 0 fully saturated rings. The second-order valence-electron chi connectivity index (χ2n) is 4.54. The van der Waals surface area contributed by atoms with Gasteiger partial charge in [0.05, 0.1) is 11.6 Å². The normalized spacial score (nSPS) is 11.0. The Morgan fingerprint density at radius 2 is 2.00 bits per heavy atom. The number of carbonyl (C=O) groups excluding carboxylic acids is 1. The number of hydrogen-bond donors (Lipinski definition) is 1. The summed E-state index contributed by atoms with van der Waals surface area (Å²) < 4.78 is 11.0. The van der Waals surface area contributed by atoms with Gasteiger partial charge in [0.2, 0.25) is 5.76 Å². The Labute approximate surface area is 148 Å². The molecular weight excluding hydrogens is 382 g/mol. The molecule has 120 valence electrons. The van der Waals surface area contributed by atoms with Crippen LogP contribution < -0.4 is 10.1 Å². The number of benzene rings is 2. The SMILES string of the molecule is COC(=O)C(=CNCc1ccccc1)Oc1ccc(Cl)cc1Br. The van der Waals surface area contributed by atoms with Crippen LogP contribution >= 0.6 is 27.5 Å². The third kappa shape index (κ3) is 5.30. The molecule has 0 aliphatic carbocycles. The average Bonchev–Trinajstić information content (AvgIpc) is 2.56. The summed E-state index contributed by atoms with van der Waals surface area (Å²) in [5.41, 5.74) is 1.08. The van der Waals surface area contributed by atoms with Crippen LogP contribution in [0.1, 0.15) is 5.56 Å². The quantitative estimate of drug-likeness (QED) is 0.450. The predicted octanol–water partition coefficient (Wildman–Crippen LogP) is 4.29. The van der Waals surface area contributed by atoms with Crippen LogP contribution in [-0.4, -0.2) is 13.1 Å². The van der Waals surface area contributed by atoms with Gasteiger partial charge in [0.15, 0.2) is 0 Å². The van der Waals surface area contributed by atoms with Crippen LogP contribution in [0.15, 0.2) is 65.0 Å². The van der Waals surface area contributed by atoms with Gasteiger partial charge in [0, 0.05) is 17.8 Å². The monoisotopic (exact) mass is 395 g/mol. The molecule has 0 bridgehead atoms. The van der Waals surface area contributed by atoms with E-state index in [9.17, 15) is 4.79 Å². The van der Waals surface area contributed by atoms with Gasteiger partial charge in [-0.2, -0.15) is 0 Å². The van der Waals surface area contributed by atoms with E-state index in [1.165, 1.54) is 13.3 Å². The van der Waals surface area contributed by atoms with E-state index >= 15 is 0 Å². The molecule has 0 aromatic heterocycles. The van der Waals surface area contributed by atoms with E-state index in [1.54, 1.807) is 18.2 Å². The lowest BCUT2D eigenvalue weighted by Gasteiger charge is -2.11. The Hall–Kier alpha value is -1.98. The molecule has 6 heteroatoms. The van der Waals surface area contributed by atoms with E-state index in [0.717, 1.165) is 5.56 Å². The lowest BCUT2D eigenvalue weighted by molar-refractivity contribution is -0.138. The molecule has 0 amide bonds. The van der Waals surface area contributed by atoms with Crippen LogP contribution in [0.3, 0.4) is 0 Å². The number of ether oxygens (including phenoxy) is 2. The van der Waals surface area contributed by atoms with Gasteiger partial charge in [0.1, 0.15) is 5.75 Å². The maximum atomic E-state index is 11.8. The number of rotatable bonds is 6. The predicted molar refractivity (Wildman–Crippen MR) is 93.2 cm³/mol. The van der Waals surface area contributed by atoms with Gasteiger partial charge < -0.3 is 14.8 Å². The van der Waals surface area contributed by atoms with Crippen molar-refractivity contribution in [3.8, 4) is 5.75 Å². The third-order valence-corrected chi connectivity index (χ3v) is 3.74. The van der Waals surface area contributed by atoms with E-state index in [2.05, 4.69) is 21.2 Å². The number of methoxy groups -OCH3 is 1. The Kier molecular flexibility index (Phi) is 6.50. The summed E-state index contributed by atoms with van der Waals surface area (Å²) in [5.74, 6) is -0.0635. The van der Waals surface area contributed by atoms with Crippen molar-refractivity contribution in [3.63, 3.8) is 0 Å². The fourth-order valence-electron chi connectivity index (χ4n) is 1.76. The highest BCUT2D eigenvalue weighted by atomic mass is 79.9. The summed E-state index contributed by atoms with van der Waals surface area (Å²) in [6.45, 7) is 0.562. The Morgan fingerprint density at radius 1 is 1.26 bits per heavy atom. The van der Waals surface area contributed by atoms with Crippen molar-refractivity contribution in [2.45, 2.75) is 6.54 Å². The van der Waals surface area contributed by atoms with Crippen LogP contribution in [0, 0.1) is 0 Å². The van der Waals surface area contributed by atoms with Crippen molar-refractivity contribution in [1.29, 1.82) is 0 Å². The molecule has 4 nitrogen and oxygen atoms in total. The van der Waals surface area contributed by atoms with Gasteiger partial charge in [-0.1, -0.05) is 41.9 Å². The second-order valence-corrected chi connectivity index (χ2v) is 5.83. The van der Waals surface area contributed by atoms with Gasteiger partial charge in [-0.25, -0.2) is 4.79 Å². The Morgan fingerprint density at radius 3 is 2.65 bits per heavy atom. The highest BCUT2D eigenvalue weighted by Gasteiger charge is 2.14. The molecule has 0 aliphatic rings. The zero-order valence-corrected chi connectivity index (χ0v) is 14.7. The number of hydrogen-bond acceptors (Lipinski definition) is 4. The molecule has 0 saturated heterocycles. The molecular formula is C17H15BrClNO3. The van der Waals surface area contributed by atoms with E-state index in [-0.39, 0.29) is 5.76 Å². The zero-order valence-electron chi connectivity index (χ0n) is 12.4. The van der Waals surface area contributed by atoms with E-state index in [0.29, 0.717) is 21.8 Å². The van der Waals surface area contributed by atoms with Crippen molar-refractivity contribution >= 4 is 33.5 Å². The minimum absolute atomic E-state index is 0.0476. The summed E-state index contributed by atoms with van der Waals surface area (Å²) in [7, 11) is 1.30. The fourth-order valence-corrected chi connectivity index (χ4v) is 2.53. The molecule has 0 atom stereocenters. The molecule has 0 unspecified atom stereocenters. The first-order chi connectivity index (χ1) is 11.1. The van der Waals surface area contributed by atoms with Crippen LogP contribution in [0.25, 0.3) is 0 Å². The largest absolute Gasteiger partial charge is 0.463 e. The van der Waals surface area contributed by atoms with E-state index in [4.69, 9.17) is 21.1 Å². The van der Waals surface area contributed by atoms with Crippen molar-refractivity contribution < 1.29 is 14.3 Å². The molecule has 0 radical (unpaired) electrons. The highest BCUT2D eigenvalue weighted by Crippen LogP contribution is 2.29. The summed E-state index contributed by atoms with van der Waals surface area (Å²) in [5, 5.41) is 3.60. The van der Waals surface area contributed by atoms with Crippen LogP contribution in [0.4, 0.5) is 0 Å². The number of nitrogens with one attached hydrogen (secondary N) is 1. The highest BCUT2D eigenvalue weighted by molar-refractivity contribution is 9.10. The maximum absolute atomic E-state index is 11.8. The maximum Gasteiger partial charge on any atom is 0.375 e. The van der Waals surface area contributed by atoms with Crippen molar-refractivity contribution in [3.05, 3.63) is 75.5 Å². The van der Waals surface area contributed by atoms with Crippen LogP contribution in [-0.2, 0) is 16.1 Å². The molecule has 0 aliphatic heterocycles. The summed E-state index contributed by atoms with van der Waals surface area (Å²) >= 11 is 9.23. The Balaban J connectivity index is 2.10. The molecule has 23 heavy (non-hydrogen) atoms. The minimum atomic E-state index is -0.576. The van der Waals surface area contributed by atoms with Gasteiger partial charge in [-0.3, -0.25) is 0 Å². The lowest BCUT2D eigenvalue weighted by Crippen LogP contribution is -2.16. The first-order valence-corrected chi connectivity index (χ1v) is 7.96. The van der Waals surface area contributed by atoms with Crippen molar-refractivity contribution in [2.75, 3.05) is 7.11 Å². The van der Waals surface area contributed by atoms with Gasteiger partial charge >= 0.3 is 5.97 Å². The third-order valence-electron chi connectivity index (χ3n) is 2.88. The van der Waals surface area contributed by atoms with Gasteiger partial charge in [-0.05, 0) is 39.7 Å². The lowest BCUT2D eigenvalue weighted by atomic mass is 10.2. The van der Waals surface area contributed by atoms with E-state index < -0.39 is 5.97 Å². The molecule has 1 N–H and O–H groups in total. The first-order valence-electron chi connectivity index (χ1n) is 6.79. The van der Waals surface area contributed by atoms with Crippen molar-refractivity contribution in [1.82, 2.24) is 5.32 Å². The summed E-state index contributed by atoms with van der Waals surface area (Å²) in [6, 6.07) is 14.8. The number of carbonyl (C=O) groups is 1. The van der Waals surface area contributed by atoms with Gasteiger partial charge in [0.25, 0.3) is 0 Å². The standard InChI is InChI=1S/C17H15BrClNO3/c1-22-17(21)16(11-20-10-12-5-3-2-4-6-12)23-15-8-7-13(19)9-14(15)18/h2-9,11,20H,10H2,1H3. The molecule has 2 aromatic carbocycles. The summed E-state index contributed by atoms with van der Waals surface area (Å²) in [6.07, 6.45) is 1.49. The molecule has 0 spiro atoms. The minimum Gasteiger partial charge on any atom is -0.463 e. The zero-order chi connectivity index (χ0) is 16.7. The van der Waals surface area contributed by atoms with Crippen LogP contribution in [0.2, 0.25) is 5.02 Å². The smallest absolute Gasteiger partial charge is 0.375 e. The van der Waals surface area contributed by atoms with Crippen LogP contribution in [0.5, 0.6) is 5.75 Å². The molecule has 2 aromatic rings. The molecule has 0 saturated carbocycles. The number of halogens is 2. The second kappa shape index (κ2) is 8.60. The summed E-state index contributed by atoms with van der Waals surface area (Å²) in [4.78, 5) is 11.8. The topological polar surface area (TPSA) is 47.6 Å². The molecule has 0 heterocycles. The number of esters is 1. The fraction of sp³-hybridized carbons (Fsp3) is 0.118. The van der Waals surface area contributed by atoms with Gasteiger partial charge in [-0.15, -0.1) is 0 Å².